The van der Waals surface area contributed by atoms with E-state index in [2.05, 4.69) is 0 Å². The summed E-state index contributed by atoms with van der Waals surface area (Å²) in [7, 11) is -1.57. The van der Waals surface area contributed by atoms with Crippen molar-refractivity contribution < 1.29 is 29.5 Å². The highest BCUT2D eigenvalue weighted by molar-refractivity contribution is 6.58. The molecule has 7 heteroatoms. The quantitative estimate of drug-likeness (QED) is 0.385. The van der Waals surface area contributed by atoms with Gasteiger partial charge in [-0.05, 0) is 68.1 Å². The summed E-state index contributed by atoms with van der Waals surface area (Å²) in [6, 6.07) is 9.66. The summed E-state index contributed by atoms with van der Waals surface area (Å²) in [5, 5.41) is 27.4. The van der Waals surface area contributed by atoms with Gasteiger partial charge >= 0.3 is 13.1 Å². The van der Waals surface area contributed by atoms with Crippen molar-refractivity contribution in [3.8, 4) is 5.75 Å². The average Bonchev–Trinajstić information content (AvgIpc) is 2.62. The van der Waals surface area contributed by atoms with Crippen LogP contribution in [0.5, 0.6) is 5.75 Å². The van der Waals surface area contributed by atoms with Crippen LogP contribution >= 0.6 is 0 Å². The number of ether oxygens (including phenoxy) is 1. The minimum Gasteiger partial charge on any atom is -0.478 e. The standard InChI is InChI=1S/C21H23BO6/c1-13-11-15(12-14(2)19(13)28-21(3,4)20(24)25)5-10-18(23)16-6-8-17(9-7-16)22(26)27/h5-12,26-27H,1-4H3,(H,24,25)/b10-5+. The van der Waals surface area contributed by atoms with E-state index >= 15 is 0 Å². The van der Waals surface area contributed by atoms with Gasteiger partial charge in [0.25, 0.3) is 0 Å². The largest absolute Gasteiger partial charge is 0.488 e. The maximum Gasteiger partial charge on any atom is 0.488 e. The summed E-state index contributed by atoms with van der Waals surface area (Å²) in [5.41, 5.74) is 1.71. The Morgan fingerprint density at radius 1 is 1.04 bits per heavy atom. The molecule has 0 heterocycles. The van der Waals surface area contributed by atoms with Crippen LogP contribution < -0.4 is 10.2 Å². The van der Waals surface area contributed by atoms with Gasteiger partial charge in [0.05, 0.1) is 0 Å². The number of aliphatic carboxylic acids is 1. The summed E-state index contributed by atoms with van der Waals surface area (Å²) in [6.45, 7) is 6.61. The van der Waals surface area contributed by atoms with Crippen LogP contribution in [-0.2, 0) is 4.79 Å². The third-order valence-electron chi connectivity index (χ3n) is 4.28. The Hall–Kier alpha value is -2.90. The molecule has 0 bridgehead atoms. The zero-order valence-corrected chi connectivity index (χ0v) is 16.3. The molecular formula is C21H23BO6. The summed E-state index contributed by atoms with van der Waals surface area (Å²) >= 11 is 0. The molecular weight excluding hydrogens is 359 g/mol. The van der Waals surface area contributed by atoms with Crippen molar-refractivity contribution in [2.24, 2.45) is 0 Å². The van der Waals surface area contributed by atoms with E-state index in [1.54, 1.807) is 6.08 Å². The maximum absolute atomic E-state index is 12.3. The van der Waals surface area contributed by atoms with Crippen molar-refractivity contribution in [2.75, 3.05) is 0 Å². The second-order valence-electron chi connectivity index (χ2n) is 7.09. The van der Waals surface area contributed by atoms with Crippen molar-refractivity contribution in [1.82, 2.24) is 0 Å². The summed E-state index contributed by atoms with van der Waals surface area (Å²) in [5.74, 6) is -0.767. The van der Waals surface area contributed by atoms with Gasteiger partial charge in [-0.3, -0.25) is 4.79 Å². The van der Waals surface area contributed by atoms with E-state index in [0.29, 0.717) is 16.8 Å². The van der Waals surface area contributed by atoms with Gasteiger partial charge < -0.3 is 19.9 Å². The first-order valence-corrected chi connectivity index (χ1v) is 8.73. The number of allylic oxidation sites excluding steroid dienone is 1. The van der Waals surface area contributed by atoms with Crippen molar-refractivity contribution in [3.63, 3.8) is 0 Å². The number of carbonyl (C=O) groups is 2. The van der Waals surface area contributed by atoms with Crippen LogP contribution in [0, 0.1) is 13.8 Å². The third kappa shape index (κ3) is 5.09. The van der Waals surface area contributed by atoms with Crippen LogP contribution in [0.2, 0.25) is 0 Å². The maximum atomic E-state index is 12.3. The van der Waals surface area contributed by atoms with Gasteiger partial charge in [0.2, 0.25) is 0 Å². The lowest BCUT2D eigenvalue weighted by Gasteiger charge is -2.24. The van der Waals surface area contributed by atoms with Gasteiger partial charge in [-0.25, -0.2) is 4.79 Å². The molecule has 2 aromatic rings. The fraction of sp³-hybridized carbons (Fsp3) is 0.238. The topological polar surface area (TPSA) is 104 Å². The molecule has 2 aromatic carbocycles. The normalized spacial score (nSPS) is 11.5. The first-order chi connectivity index (χ1) is 13.0. The van der Waals surface area contributed by atoms with Crippen LogP contribution in [0.3, 0.4) is 0 Å². The molecule has 0 aliphatic heterocycles. The van der Waals surface area contributed by atoms with Crippen molar-refractivity contribution in [2.45, 2.75) is 33.3 Å². The average molecular weight is 382 g/mol. The highest BCUT2D eigenvalue weighted by Gasteiger charge is 2.30. The van der Waals surface area contributed by atoms with E-state index < -0.39 is 18.7 Å². The second kappa shape index (κ2) is 8.41. The van der Waals surface area contributed by atoms with Crippen LogP contribution in [0.25, 0.3) is 6.08 Å². The van der Waals surface area contributed by atoms with Crippen molar-refractivity contribution >= 4 is 30.4 Å². The van der Waals surface area contributed by atoms with Crippen molar-refractivity contribution in [3.05, 3.63) is 64.7 Å². The molecule has 0 fully saturated rings. The van der Waals surface area contributed by atoms with Gasteiger partial charge in [-0.1, -0.05) is 30.3 Å². The van der Waals surface area contributed by atoms with E-state index in [0.717, 1.165) is 16.7 Å². The number of carboxylic acids is 1. The lowest BCUT2D eigenvalue weighted by Crippen LogP contribution is -2.38. The molecule has 2 rings (SSSR count). The highest BCUT2D eigenvalue weighted by atomic mass is 16.5. The first kappa shape index (κ1) is 21.4. The molecule has 0 saturated heterocycles. The summed E-state index contributed by atoms with van der Waals surface area (Å²) in [6.07, 6.45) is 3.10. The number of hydrogen-bond acceptors (Lipinski definition) is 5. The molecule has 0 saturated carbocycles. The number of carboxylic acid groups (broad SMARTS) is 1. The molecule has 0 unspecified atom stereocenters. The Morgan fingerprint density at radius 2 is 1.57 bits per heavy atom. The molecule has 0 atom stereocenters. The zero-order valence-electron chi connectivity index (χ0n) is 16.3. The van der Waals surface area contributed by atoms with Gasteiger partial charge in [0, 0.05) is 5.56 Å². The number of hydrogen-bond donors (Lipinski definition) is 3. The number of benzene rings is 2. The minimum atomic E-state index is -1.57. The minimum absolute atomic E-state index is 0.221. The lowest BCUT2D eigenvalue weighted by molar-refractivity contribution is -0.152. The smallest absolute Gasteiger partial charge is 0.478 e. The highest BCUT2D eigenvalue weighted by Crippen LogP contribution is 2.29. The lowest BCUT2D eigenvalue weighted by atomic mass is 9.80. The number of aryl methyl sites for hydroxylation is 2. The Kier molecular flexibility index (Phi) is 6.43. The summed E-state index contributed by atoms with van der Waals surface area (Å²) < 4.78 is 5.67. The van der Waals surface area contributed by atoms with E-state index in [-0.39, 0.29) is 5.78 Å². The molecule has 28 heavy (non-hydrogen) atoms. The number of carbonyl (C=O) groups excluding carboxylic acids is 1. The van der Waals surface area contributed by atoms with Gasteiger partial charge in [0.1, 0.15) is 5.75 Å². The SMILES string of the molecule is Cc1cc(/C=C/C(=O)c2ccc(B(O)O)cc2)cc(C)c1OC(C)(C)C(=O)O. The Labute approximate surface area is 164 Å². The monoisotopic (exact) mass is 382 g/mol. The summed E-state index contributed by atoms with van der Waals surface area (Å²) in [4.78, 5) is 23.6. The molecule has 0 radical (unpaired) electrons. The van der Waals surface area contributed by atoms with Crippen LogP contribution in [-0.4, -0.2) is 39.6 Å². The van der Waals surface area contributed by atoms with Gasteiger partial charge in [-0.2, -0.15) is 0 Å². The molecule has 0 aliphatic carbocycles. The van der Waals surface area contributed by atoms with Crippen LogP contribution in [0.4, 0.5) is 0 Å². The van der Waals surface area contributed by atoms with Gasteiger partial charge in [-0.15, -0.1) is 0 Å². The van der Waals surface area contributed by atoms with E-state index in [9.17, 15) is 14.7 Å². The fourth-order valence-electron chi connectivity index (χ4n) is 2.63. The predicted octanol–water partition coefficient (Wildman–Crippen LogP) is 2.12. The van der Waals surface area contributed by atoms with Crippen molar-refractivity contribution in [1.29, 1.82) is 0 Å². The molecule has 0 spiro atoms. The van der Waals surface area contributed by atoms with Gasteiger partial charge in [0.15, 0.2) is 11.4 Å². The van der Waals surface area contributed by atoms with E-state index in [1.165, 1.54) is 44.2 Å². The molecule has 3 N–H and O–H groups in total. The fourth-order valence-corrected chi connectivity index (χ4v) is 2.63. The zero-order chi connectivity index (χ0) is 21.1. The Balaban J connectivity index is 2.20. The second-order valence-corrected chi connectivity index (χ2v) is 7.09. The first-order valence-electron chi connectivity index (χ1n) is 8.73. The number of rotatable bonds is 7. The van der Waals surface area contributed by atoms with E-state index in [4.69, 9.17) is 14.8 Å². The Bertz CT molecular complexity index is 890. The van der Waals surface area contributed by atoms with Crippen LogP contribution in [0.15, 0.2) is 42.5 Å². The number of ketones is 1. The van der Waals surface area contributed by atoms with Crippen LogP contribution in [0.1, 0.15) is 40.9 Å². The molecule has 146 valence electrons. The Morgan fingerprint density at radius 3 is 2.04 bits per heavy atom. The predicted molar refractivity (Wildman–Crippen MR) is 108 cm³/mol. The molecule has 6 nitrogen and oxygen atoms in total. The third-order valence-corrected chi connectivity index (χ3v) is 4.28. The molecule has 0 amide bonds. The van der Waals surface area contributed by atoms with E-state index in [1.807, 2.05) is 26.0 Å². The molecule has 0 aliphatic rings. The molecule has 0 aromatic heterocycles.